The molecular formula is C15H20N4. The van der Waals surface area contributed by atoms with Crippen molar-refractivity contribution in [3.8, 4) is 0 Å². The minimum absolute atomic E-state index is 0.320. The molecule has 1 fully saturated rings. The number of aromatic nitrogens is 2. The molecule has 1 aliphatic carbocycles. The second kappa shape index (κ2) is 5.53. The number of nitrogens with zero attached hydrogens (tertiary/aromatic N) is 2. The van der Waals surface area contributed by atoms with Crippen molar-refractivity contribution in [2.24, 2.45) is 11.7 Å². The fourth-order valence-electron chi connectivity index (χ4n) is 3.02. The number of rotatable bonds is 4. The van der Waals surface area contributed by atoms with Crippen molar-refractivity contribution in [1.29, 1.82) is 0 Å². The normalized spacial score (nSPS) is 17.7. The molecule has 19 heavy (non-hydrogen) atoms. The van der Waals surface area contributed by atoms with E-state index in [0.717, 1.165) is 16.7 Å². The van der Waals surface area contributed by atoms with Crippen LogP contribution in [0.25, 0.3) is 10.9 Å². The first kappa shape index (κ1) is 12.4. The van der Waals surface area contributed by atoms with Gasteiger partial charge in [0.1, 0.15) is 12.1 Å². The van der Waals surface area contributed by atoms with Gasteiger partial charge in [0.05, 0.1) is 5.52 Å². The molecule has 1 aromatic heterocycles. The van der Waals surface area contributed by atoms with Gasteiger partial charge in [-0.1, -0.05) is 25.0 Å². The fraction of sp³-hybridized carbons (Fsp3) is 0.467. The molecule has 3 N–H and O–H groups in total. The van der Waals surface area contributed by atoms with Gasteiger partial charge in [0.25, 0.3) is 0 Å². The lowest BCUT2D eigenvalue weighted by Gasteiger charge is -2.24. The molecule has 0 aliphatic heterocycles. The van der Waals surface area contributed by atoms with Crippen molar-refractivity contribution in [2.75, 3.05) is 11.9 Å². The molecule has 3 rings (SSSR count). The summed E-state index contributed by atoms with van der Waals surface area (Å²) in [5, 5.41) is 4.61. The number of nitrogens with two attached hydrogens (primary N) is 1. The van der Waals surface area contributed by atoms with Crippen LogP contribution in [0.2, 0.25) is 0 Å². The first-order valence-electron chi connectivity index (χ1n) is 7.05. The topological polar surface area (TPSA) is 63.8 Å². The first-order valence-corrected chi connectivity index (χ1v) is 7.05. The molecule has 0 saturated heterocycles. The minimum Gasteiger partial charge on any atom is -0.365 e. The predicted octanol–water partition coefficient (Wildman–Crippen LogP) is 2.56. The summed E-state index contributed by atoms with van der Waals surface area (Å²) >= 11 is 0. The van der Waals surface area contributed by atoms with Crippen molar-refractivity contribution in [1.82, 2.24) is 9.97 Å². The Bertz CT molecular complexity index is 543. The lowest BCUT2D eigenvalue weighted by molar-refractivity contribution is 0.461. The van der Waals surface area contributed by atoms with Crippen LogP contribution in [0.15, 0.2) is 30.6 Å². The molecule has 0 radical (unpaired) electrons. The van der Waals surface area contributed by atoms with Crippen LogP contribution >= 0.6 is 0 Å². The van der Waals surface area contributed by atoms with Gasteiger partial charge in [0.15, 0.2) is 0 Å². The molecule has 1 aliphatic rings. The maximum Gasteiger partial charge on any atom is 0.137 e. The number of hydrogen-bond donors (Lipinski definition) is 2. The molecule has 100 valence electrons. The number of hydrogen-bond acceptors (Lipinski definition) is 4. The van der Waals surface area contributed by atoms with E-state index in [1.165, 1.54) is 25.7 Å². The monoisotopic (exact) mass is 256 g/mol. The number of anilines is 1. The molecule has 0 amide bonds. The first-order chi connectivity index (χ1) is 9.38. The molecule has 0 bridgehead atoms. The number of nitrogens with one attached hydrogen (secondary N) is 1. The summed E-state index contributed by atoms with van der Waals surface area (Å²) in [5.41, 5.74) is 6.91. The SMILES string of the molecule is NCC(Nc1ncnc2ccccc12)C1CCCC1. The van der Waals surface area contributed by atoms with Crippen molar-refractivity contribution in [2.45, 2.75) is 31.7 Å². The van der Waals surface area contributed by atoms with Gasteiger partial charge in [-0.15, -0.1) is 0 Å². The molecule has 4 heteroatoms. The second-order valence-corrected chi connectivity index (χ2v) is 5.27. The van der Waals surface area contributed by atoms with Gasteiger partial charge in [-0.3, -0.25) is 0 Å². The lowest BCUT2D eigenvalue weighted by Crippen LogP contribution is -2.35. The van der Waals surface area contributed by atoms with Gasteiger partial charge < -0.3 is 11.1 Å². The number of para-hydroxylation sites is 1. The van der Waals surface area contributed by atoms with Gasteiger partial charge in [-0.05, 0) is 30.9 Å². The number of benzene rings is 1. The van der Waals surface area contributed by atoms with Crippen LogP contribution < -0.4 is 11.1 Å². The zero-order valence-corrected chi connectivity index (χ0v) is 11.0. The highest BCUT2D eigenvalue weighted by atomic mass is 15.1. The van der Waals surface area contributed by atoms with E-state index in [1.54, 1.807) is 6.33 Å². The summed E-state index contributed by atoms with van der Waals surface area (Å²) < 4.78 is 0. The second-order valence-electron chi connectivity index (χ2n) is 5.27. The largest absolute Gasteiger partial charge is 0.365 e. The Morgan fingerprint density at radius 1 is 1.21 bits per heavy atom. The Labute approximate surface area is 113 Å². The summed E-state index contributed by atoms with van der Waals surface area (Å²) in [6.45, 7) is 0.656. The Morgan fingerprint density at radius 2 is 2.00 bits per heavy atom. The maximum atomic E-state index is 5.94. The Balaban J connectivity index is 1.87. The van der Waals surface area contributed by atoms with Crippen LogP contribution in [0.1, 0.15) is 25.7 Å². The molecule has 4 nitrogen and oxygen atoms in total. The van der Waals surface area contributed by atoms with Crippen molar-refractivity contribution >= 4 is 16.7 Å². The molecular weight excluding hydrogens is 236 g/mol. The molecule has 2 aromatic rings. The Kier molecular flexibility index (Phi) is 3.60. The van der Waals surface area contributed by atoms with Gasteiger partial charge in [0, 0.05) is 18.0 Å². The van der Waals surface area contributed by atoms with Crippen LogP contribution in [0.3, 0.4) is 0 Å². The standard InChI is InChI=1S/C15H20N4/c16-9-14(11-5-1-2-6-11)19-15-12-7-3-4-8-13(12)17-10-18-15/h3-4,7-8,10-11,14H,1-2,5-6,9,16H2,(H,17,18,19). The highest BCUT2D eigenvalue weighted by Gasteiger charge is 2.24. The lowest BCUT2D eigenvalue weighted by atomic mass is 9.98. The summed E-state index contributed by atoms with van der Waals surface area (Å²) in [4.78, 5) is 8.68. The van der Waals surface area contributed by atoms with E-state index >= 15 is 0 Å². The van der Waals surface area contributed by atoms with Crippen LogP contribution in [-0.2, 0) is 0 Å². The van der Waals surface area contributed by atoms with Crippen molar-refractivity contribution < 1.29 is 0 Å². The minimum atomic E-state index is 0.320. The van der Waals surface area contributed by atoms with Crippen molar-refractivity contribution in [3.63, 3.8) is 0 Å². The number of fused-ring (bicyclic) bond motifs is 1. The third-order valence-electron chi connectivity index (χ3n) is 4.09. The van der Waals surface area contributed by atoms with Crippen LogP contribution in [0.4, 0.5) is 5.82 Å². The quantitative estimate of drug-likeness (QED) is 0.882. The summed E-state index contributed by atoms with van der Waals surface area (Å²) in [6.07, 6.45) is 6.82. The predicted molar refractivity (Wildman–Crippen MR) is 78.0 cm³/mol. The van der Waals surface area contributed by atoms with Gasteiger partial charge in [-0.2, -0.15) is 0 Å². The zero-order valence-electron chi connectivity index (χ0n) is 11.0. The van der Waals surface area contributed by atoms with Gasteiger partial charge in [0.2, 0.25) is 0 Å². The Morgan fingerprint density at radius 3 is 2.79 bits per heavy atom. The molecule has 1 saturated carbocycles. The molecule has 1 unspecified atom stereocenters. The Hall–Kier alpha value is -1.68. The molecule has 1 aromatic carbocycles. The summed E-state index contributed by atoms with van der Waals surface area (Å²) in [7, 11) is 0. The van der Waals surface area contributed by atoms with Crippen LogP contribution in [0, 0.1) is 5.92 Å². The van der Waals surface area contributed by atoms with Crippen LogP contribution in [0.5, 0.6) is 0 Å². The zero-order chi connectivity index (χ0) is 13.1. The summed E-state index contributed by atoms with van der Waals surface area (Å²) in [6, 6.07) is 8.40. The fourth-order valence-corrected chi connectivity index (χ4v) is 3.02. The highest BCUT2D eigenvalue weighted by molar-refractivity contribution is 5.88. The maximum absolute atomic E-state index is 5.94. The van der Waals surface area contributed by atoms with Gasteiger partial charge >= 0.3 is 0 Å². The van der Waals surface area contributed by atoms with Crippen molar-refractivity contribution in [3.05, 3.63) is 30.6 Å². The van der Waals surface area contributed by atoms with Crippen LogP contribution in [-0.4, -0.2) is 22.6 Å². The molecule has 0 spiro atoms. The molecule has 1 heterocycles. The van der Waals surface area contributed by atoms with E-state index in [1.807, 2.05) is 18.2 Å². The van der Waals surface area contributed by atoms with E-state index in [9.17, 15) is 0 Å². The van der Waals surface area contributed by atoms with E-state index in [2.05, 4.69) is 21.4 Å². The van der Waals surface area contributed by atoms with Gasteiger partial charge in [-0.25, -0.2) is 9.97 Å². The third kappa shape index (κ3) is 2.54. The van der Waals surface area contributed by atoms with E-state index in [-0.39, 0.29) is 0 Å². The molecule has 1 atom stereocenters. The average molecular weight is 256 g/mol. The highest BCUT2D eigenvalue weighted by Crippen LogP contribution is 2.29. The average Bonchev–Trinajstić information content (AvgIpc) is 2.99. The summed E-state index contributed by atoms with van der Waals surface area (Å²) in [5.74, 6) is 1.59. The third-order valence-corrected chi connectivity index (χ3v) is 4.09. The van der Waals surface area contributed by atoms with E-state index in [0.29, 0.717) is 18.5 Å². The van der Waals surface area contributed by atoms with E-state index < -0.39 is 0 Å². The van der Waals surface area contributed by atoms with E-state index in [4.69, 9.17) is 5.73 Å². The smallest absolute Gasteiger partial charge is 0.137 e.